The van der Waals surface area contributed by atoms with Gasteiger partial charge in [0.25, 0.3) is 5.89 Å². The largest absolute Gasteiger partial charge is 0.383 e. The topological polar surface area (TPSA) is 85.2 Å². The number of aliphatic hydroxyl groups is 1. The van der Waals surface area contributed by atoms with E-state index in [-0.39, 0.29) is 11.3 Å². The number of aliphatic hydroxyl groups excluding tert-OH is 1. The Bertz CT molecular complexity index is 549. The molecule has 3 N–H and O–H groups in total. The van der Waals surface area contributed by atoms with Crippen molar-refractivity contribution in [3.63, 3.8) is 0 Å². The number of hydrogen-bond acceptors (Lipinski definition) is 5. The summed E-state index contributed by atoms with van der Waals surface area (Å²) in [6, 6.07) is 10.2. The van der Waals surface area contributed by atoms with Crippen molar-refractivity contribution >= 4 is 0 Å². The Hall–Kier alpha value is -1.72. The first-order chi connectivity index (χ1) is 9.26. The van der Waals surface area contributed by atoms with Crippen LogP contribution in [0.3, 0.4) is 0 Å². The maximum Gasteiger partial charge on any atom is 0.255 e. The average molecular weight is 259 g/mol. The minimum atomic E-state index is -0.766. The molecule has 0 aliphatic heterocycles. The maximum absolute atomic E-state index is 9.81. The molecule has 1 atom stereocenters. The Balaban J connectivity index is 1.87. The van der Waals surface area contributed by atoms with Crippen molar-refractivity contribution in [3.8, 4) is 0 Å². The first-order valence-electron chi connectivity index (χ1n) is 6.54. The molecule has 0 radical (unpaired) electrons. The summed E-state index contributed by atoms with van der Waals surface area (Å²) in [5.74, 6) is 0.937. The Kier molecular flexibility index (Phi) is 3.08. The van der Waals surface area contributed by atoms with Crippen molar-refractivity contribution in [2.45, 2.75) is 30.8 Å². The molecule has 3 rings (SSSR count). The van der Waals surface area contributed by atoms with E-state index >= 15 is 0 Å². The van der Waals surface area contributed by atoms with Gasteiger partial charge in [-0.05, 0) is 31.4 Å². The molecule has 1 aromatic heterocycles. The van der Waals surface area contributed by atoms with Gasteiger partial charge in [0.05, 0.1) is 5.41 Å². The number of benzene rings is 1. The molecular formula is C14H17N3O2. The summed E-state index contributed by atoms with van der Waals surface area (Å²) in [5.41, 5.74) is 6.50. The predicted octanol–water partition coefficient (Wildman–Crippen LogP) is 1.53. The molecule has 2 aromatic rings. The quantitative estimate of drug-likeness (QED) is 0.850. The van der Waals surface area contributed by atoms with Crippen LogP contribution in [-0.2, 0) is 5.41 Å². The van der Waals surface area contributed by atoms with E-state index in [0.717, 1.165) is 12.8 Å². The van der Waals surface area contributed by atoms with Crippen molar-refractivity contribution < 1.29 is 9.63 Å². The van der Waals surface area contributed by atoms with Crippen LogP contribution >= 0.6 is 0 Å². The molecule has 1 fully saturated rings. The second-order valence-corrected chi connectivity index (χ2v) is 5.00. The SMILES string of the molecule is NCCC(O)c1nc(C2(c3ccccc3)CC2)no1. The minimum Gasteiger partial charge on any atom is -0.383 e. The van der Waals surface area contributed by atoms with Crippen LogP contribution in [0, 0.1) is 0 Å². The van der Waals surface area contributed by atoms with Crippen molar-refractivity contribution in [1.29, 1.82) is 0 Å². The van der Waals surface area contributed by atoms with Crippen molar-refractivity contribution in [2.24, 2.45) is 5.73 Å². The van der Waals surface area contributed by atoms with Crippen LogP contribution in [-0.4, -0.2) is 21.8 Å². The van der Waals surface area contributed by atoms with E-state index in [9.17, 15) is 5.11 Å². The van der Waals surface area contributed by atoms with Gasteiger partial charge in [-0.15, -0.1) is 0 Å². The molecule has 100 valence electrons. The van der Waals surface area contributed by atoms with Gasteiger partial charge < -0.3 is 15.4 Å². The van der Waals surface area contributed by atoms with E-state index in [1.807, 2.05) is 18.2 Å². The summed E-state index contributed by atoms with van der Waals surface area (Å²) in [5, 5.41) is 13.9. The average Bonchev–Trinajstić information content (AvgIpc) is 3.10. The van der Waals surface area contributed by atoms with Gasteiger partial charge >= 0.3 is 0 Å². The van der Waals surface area contributed by atoms with Crippen LogP contribution < -0.4 is 5.73 Å². The lowest BCUT2D eigenvalue weighted by Crippen LogP contribution is -2.11. The van der Waals surface area contributed by atoms with Gasteiger partial charge in [0.15, 0.2) is 5.82 Å². The third kappa shape index (κ3) is 2.15. The highest BCUT2D eigenvalue weighted by Crippen LogP contribution is 2.52. The first-order valence-corrected chi connectivity index (χ1v) is 6.54. The van der Waals surface area contributed by atoms with Crippen molar-refractivity contribution in [1.82, 2.24) is 10.1 Å². The third-order valence-corrected chi connectivity index (χ3v) is 3.67. The predicted molar refractivity (Wildman–Crippen MR) is 69.4 cm³/mol. The second-order valence-electron chi connectivity index (χ2n) is 5.00. The summed E-state index contributed by atoms with van der Waals surface area (Å²) >= 11 is 0. The van der Waals surface area contributed by atoms with E-state index in [4.69, 9.17) is 10.3 Å². The minimum absolute atomic E-state index is 0.120. The fraction of sp³-hybridized carbons (Fsp3) is 0.429. The summed E-state index contributed by atoms with van der Waals surface area (Å²) in [6.07, 6.45) is 1.70. The van der Waals surface area contributed by atoms with E-state index in [1.54, 1.807) is 0 Å². The van der Waals surface area contributed by atoms with Gasteiger partial charge in [0.1, 0.15) is 6.10 Å². The smallest absolute Gasteiger partial charge is 0.255 e. The van der Waals surface area contributed by atoms with Crippen molar-refractivity contribution in [2.75, 3.05) is 6.54 Å². The molecule has 5 nitrogen and oxygen atoms in total. The van der Waals surface area contributed by atoms with Gasteiger partial charge in [-0.3, -0.25) is 0 Å². The summed E-state index contributed by atoms with van der Waals surface area (Å²) < 4.78 is 5.16. The number of rotatable bonds is 5. The van der Waals surface area contributed by atoms with Crippen LogP contribution in [0.1, 0.15) is 42.6 Å². The molecule has 1 aliphatic carbocycles. The highest BCUT2D eigenvalue weighted by atomic mass is 16.5. The lowest BCUT2D eigenvalue weighted by atomic mass is 9.95. The van der Waals surface area contributed by atoms with Crippen LogP contribution in [0.15, 0.2) is 34.9 Å². The number of nitrogens with zero attached hydrogens (tertiary/aromatic N) is 2. The molecule has 5 heteroatoms. The summed E-state index contributed by atoms with van der Waals surface area (Å²) in [4.78, 5) is 4.36. The van der Waals surface area contributed by atoms with Gasteiger partial charge in [0, 0.05) is 0 Å². The molecule has 1 aliphatic rings. The third-order valence-electron chi connectivity index (χ3n) is 3.67. The zero-order chi connectivity index (χ0) is 13.3. The van der Waals surface area contributed by atoms with E-state index in [1.165, 1.54) is 5.56 Å². The fourth-order valence-corrected chi connectivity index (χ4v) is 2.37. The lowest BCUT2D eigenvalue weighted by Gasteiger charge is -2.10. The first kappa shape index (κ1) is 12.3. The lowest BCUT2D eigenvalue weighted by molar-refractivity contribution is 0.127. The number of nitrogens with two attached hydrogens (primary N) is 1. The Morgan fingerprint density at radius 3 is 2.68 bits per heavy atom. The molecular weight excluding hydrogens is 242 g/mol. The number of hydrogen-bond donors (Lipinski definition) is 2. The van der Waals surface area contributed by atoms with E-state index in [0.29, 0.717) is 18.8 Å². The molecule has 0 saturated heterocycles. The summed E-state index contributed by atoms with van der Waals surface area (Å²) in [6.45, 7) is 0.392. The highest BCUT2D eigenvalue weighted by molar-refractivity contribution is 5.38. The molecule has 1 aromatic carbocycles. The molecule has 1 heterocycles. The van der Waals surface area contributed by atoms with Gasteiger partial charge in [-0.25, -0.2) is 0 Å². The molecule has 0 bridgehead atoms. The van der Waals surface area contributed by atoms with Crippen LogP contribution in [0.2, 0.25) is 0 Å². The van der Waals surface area contributed by atoms with Crippen LogP contribution in [0.25, 0.3) is 0 Å². The Morgan fingerprint density at radius 1 is 1.32 bits per heavy atom. The Labute approximate surface area is 111 Å². The zero-order valence-corrected chi connectivity index (χ0v) is 10.6. The zero-order valence-electron chi connectivity index (χ0n) is 10.6. The number of aromatic nitrogens is 2. The van der Waals surface area contributed by atoms with Gasteiger partial charge in [-0.1, -0.05) is 35.5 Å². The maximum atomic E-state index is 9.81. The highest BCUT2D eigenvalue weighted by Gasteiger charge is 2.50. The van der Waals surface area contributed by atoms with Gasteiger partial charge in [0.2, 0.25) is 0 Å². The Morgan fingerprint density at radius 2 is 2.05 bits per heavy atom. The molecule has 0 amide bonds. The fourth-order valence-electron chi connectivity index (χ4n) is 2.37. The molecule has 1 saturated carbocycles. The molecule has 19 heavy (non-hydrogen) atoms. The normalized spacial score (nSPS) is 18.2. The second kappa shape index (κ2) is 4.75. The van der Waals surface area contributed by atoms with Crippen LogP contribution in [0.5, 0.6) is 0 Å². The van der Waals surface area contributed by atoms with Crippen LogP contribution in [0.4, 0.5) is 0 Å². The van der Waals surface area contributed by atoms with E-state index < -0.39 is 6.10 Å². The van der Waals surface area contributed by atoms with Gasteiger partial charge in [-0.2, -0.15) is 4.98 Å². The standard InChI is InChI=1S/C14H17N3O2/c15-9-6-11(18)12-16-13(17-19-12)14(7-8-14)10-4-2-1-3-5-10/h1-5,11,18H,6-9,15H2. The van der Waals surface area contributed by atoms with Crippen molar-refractivity contribution in [3.05, 3.63) is 47.6 Å². The summed E-state index contributed by atoms with van der Waals surface area (Å²) in [7, 11) is 0. The molecule has 0 spiro atoms. The monoisotopic (exact) mass is 259 g/mol. The van der Waals surface area contributed by atoms with E-state index in [2.05, 4.69) is 22.3 Å². The molecule has 1 unspecified atom stereocenters.